The molecule has 1 amide bonds. The van der Waals surface area contributed by atoms with Crippen LogP contribution in [0.4, 0.5) is 10.1 Å². The van der Waals surface area contributed by atoms with Gasteiger partial charge in [-0.05, 0) is 31.6 Å². The van der Waals surface area contributed by atoms with Gasteiger partial charge < -0.3 is 10.6 Å². The quantitative estimate of drug-likeness (QED) is 0.768. The van der Waals surface area contributed by atoms with E-state index in [9.17, 15) is 9.18 Å². The van der Waals surface area contributed by atoms with Crippen LogP contribution >= 0.6 is 0 Å². The van der Waals surface area contributed by atoms with Crippen molar-refractivity contribution in [3.05, 3.63) is 40.7 Å². The molecular weight excluding hydrogens is 219 g/mol. The fourth-order valence-corrected chi connectivity index (χ4v) is 1.63. The van der Waals surface area contributed by atoms with Crippen molar-refractivity contribution in [3.8, 4) is 0 Å². The molecule has 1 aromatic carbocycles. The molecule has 1 aromatic rings. The lowest BCUT2D eigenvalue weighted by Crippen LogP contribution is -2.36. The van der Waals surface area contributed by atoms with Gasteiger partial charge in [0, 0.05) is 29.9 Å². The van der Waals surface area contributed by atoms with Crippen LogP contribution in [0.2, 0.25) is 0 Å². The van der Waals surface area contributed by atoms with E-state index in [-0.39, 0.29) is 11.7 Å². The molecule has 1 aliphatic rings. The fourth-order valence-electron chi connectivity index (χ4n) is 1.63. The molecule has 2 rings (SSSR count). The Labute approximate surface area is 99.7 Å². The smallest absolute Gasteiger partial charge is 0.251 e. The minimum Gasteiger partial charge on any atom is -0.322 e. The van der Waals surface area contributed by atoms with Gasteiger partial charge in [0.2, 0.25) is 0 Å². The summed E-state index contributed by atoms with van der Waals surface area (Å²) in [6.45, 7) is 4.97. The SMILES string of the molecule is CC(C(=O)Nc1cccc(F)c1C)=C1CNC1. The first-order valence-electron chi connectivity index (χ1n) is 5.55. The summed E-state index contributed by atoms with van der Waals surface area (Å²) in [5.74, 6) is -0.464. The number of hydrogen-bond donors (Lipinski definition) is 2. The third kappa shape index (κ3) is 2.36. The van der Waals surface area contributed by atoms with E-state index in [0.717, 1.165) is 18.7 Å². The molecule has 0 unspecified atom stereocenters. The predicted octanol–water partition coefficient (Wildman–Crippen LogP) is 1.99. The summed E-state index contributed by atoms with van der Waals surface area (Å²) in [5.41, 5.74) is 2.82. The van der Waals surface area contributed by atoms with Crippen LogP contribution in [0.25, 0.3) is 0 Å². The van der Waals surface area contributed by atoms with E-state index < -0.39 is 0 Å². The van der Waals surface area contributed by atoms with Crippen LogP contribution in [0.15, 0.2) is 29.3 Å². The molecule has 0 spiro atoms. The van der Waals surface area contributed by atoms with Gasteiger partial charge in [0.05, 0.1) is 0 Å². The normalized spacial score (nSPS) is 14.2. The highest BCUT2D eigenvalue weighted by Gasteiger charge is 2.16. The van der Waals surface area contributed by atoms with Crippen LogP contribution in [0.3, 0.4) is 0 Å². The zero-order valence-electron chi connectivity index (χ0n) is 9.93. The van der Waals surface area contributed by atoms with Gasteiger partial charge in [-0.2, -0.15) is 0 Å². The molecule has 0 saturated carbocycles. The molecule has 0 aliphatic carbocycles. The maximum atomic E-state index is 13.3. The second-order valence-corrected chi connectivity index (χ2v) is 4.20. The third-order valence-corrected chi connectivity index (χ3v) is 3.06. The van der Waals surface area contributed by atoms with Crippen molar-refractivity contribution in [1.29, 1.82) is 0 Å². The minimum absolute atomic E-state index is 0.157. The van der Waals surface area contributed by atoms with Gasteiger partial charge in [0.1, 0.15) is 5.82 Å². The van der Waals surface area contributed by atoms with Crippen LogP contribution in [0.5, 0.6) is 0 Å². The van der Waals surface area contributed by atoms with Crippen molar-refractivity contribution in [2.24, 2.45) is 0 Å². The molecule has 0 bridgehead atoms. The Morgan fingerprint density at radius 3 is 2.71 bits per heavy atom. The molecule has 2 N–H and O–H groups in total. The fraction of sp³-hybridized carbons (Fsp3) is 0.308. The standard InChI is InChI=1S/C13H15FN2O/c1-8(10-6-15-7-10)13(17)16-12-5-3-4-11(14)9(12)2/h3-5,15H,6-7H2,1-2H3,(H,16,17). The number of carbonyl (C=O) groups excluding carboxylic acids is 1. The van der Waals surface area contributed by atoms with Crippen molar-refractivity contribution in [2.75, 3.05) is 18.4 Å². The number of amides is 1. The maximum absolute atomic E-state index is 13.3. The maximum Gasteiger partial charge on any atom is 0.251 e. The molecule has 3 nitrogen and oxygen atoms in total. The summed E-state index contributed by atoms with van der Waals surface area (Å²) in [7, 11) is 0. The van der Waals surface area contributed by atoms with Crippen molar-refractivity contribution in [2.45, 2.75) is 13.8 Å². The summed E-state index contributed by atoms with van der Waals surface area (Å²) >= 11 is 0. The Kier molecular flexibility index (Phi) is 3.24. The van der Waals surface area contributed by atoms with E-state index in [1.807, 2.05) is 0 Å². The molecule has 1 fully saturated rings. The zero-order chi connectivity index (χ0) is 12.4. The van der Waals surface area contributed by atoms with Crippen molar-refractivity contribution < 1.29 is 9.18 Å². The highest BCUT2D eigenvalue weighted by molar-refractivity contribution is 6.04. The largest absolute Gasteiger partial charge is 0.322 e. The van der Waals surface area contributed by atoms with Gasteiger partial charge in [0.25, 0.3) is 5.91 Å². The number of anilines is 1. The molecule has 0 atom stereocenters. The first-order valence-corrected chi connectivity index (χ1v) is 5.55. The van der Waals surface area contributed by atoms with E-state index in [2.05, 4.69) is 10.6 Å². The Bertz CT molecular complexity index is 488. The average Bonchev–Trinajstić information content (AvgIpc) is 2.22. The summed E-state index contributed by atoms with van der Waals surface area (Å²) in [4.78, 5) is 11.9. The predicted molar refractivity (Wildman–Crippen MR) is 65.3 cm³/mol. The average molecular weight is 234 g/mol. The number of carbonyl (C=O) groups is 1. The molecular formula is C13H15FN2O. The Morgan fingerprint density at radius 1 is 1.41 bits per heavy atom. The van der Waals surface area contributed by atoms with Crippen LogP contribution in [0.1, 0.15) is 12.5 Å². The Morgan fingerprint density at radius 2 is 2.12 bits per heavy atom. The van der Waals surface area contributed by atoms with E-state index in [1.165, 1.54) is 6.07 Å². The molecule has 90 valence electrons. The van der Waals surface area contributed by atoms with Crippen LogP contribution < -0.4 is 10.6 Å². The van der Waals surface area contributed by atoms with E-state index >= 15 is 0 Å². The monoisotopic (exact) mass is 234 g/mol. The van der Waals surface area contributed by atoms with Gasteiger partial charge in [-0.15, -0.1) is 0 Å². The second-order valence-electron chi connectivity index (χ2n) is 4.20. The van der Waals surface area contributed by atoms with Crippen molar-refractivity contribution in [1.82, 2.24) is 5.32 Å². The molecule has 0 aromatic heterocycles. The number of rotatable bonds is 2. The molecule has 1 heterocycles. The van der Waals surface area contributed by atoms with Gasteiger partial charge in [-0.25, -0.2) is 4.39 Å². The molecule has 4 heteroatoms. The summed E-state index contributed by atoms with van der Waals surface area (Å²) < 4.78 is 13.3. The van der Waals surface area contributed by atoms with E-state index in [0.29, 0.717) is 16.8 Å². The minimum atomic E-state index is -0.307. The molecule has 0 radical (unpaired) electrons. The molecule has 17 heavy (non-hydrogen) atoms. The second kappa shape index (κ2) is 4.67. The topological polar surface area (TPSA) is 41.1 Å². The summed E-state index contributed by atoms with van der Waals surface area (Å²) in [6.07, 6.45) is 0. The number of nitrogens with one attached hydrogen (secondary N) is 2. The number of hydrogen-bond acceptors (Lipinski definition) is 2. The lowest BCUT2D eigenvalue weighted by molar-refractivity contribution is -0.112. The van der Waals surface area contributed by atoms with Crippen LogP contribution in [-0.4, -0.2) is 19.0 Å². The summed E-state index contributed by atoms with van der Waals surface area (Å²) in [6, 6.07) is 4.67. The molecule has 1 aliphatic heterocycles. The van der Waals surface area contributed by atoms with Crippen molar-refractivity contribution in [3.63, 3.8) is 0 Å². The first kappa shape index (κ1) is 11.8. The third-order valence-electron chi connectivity index (χ3n) is 3.06. The highest BCUT2D eigenvalue weighted by Crippen LogP contribution is 2.19. The number of halogens is 1. The molecule has 1 saturated heterocycles. The Hall–Kier alpha value is -1.68. The van der Waals surface area contributed by atoms with E-state index in [1.54, 1.807) is 26.0 Å². The zero-order valence-corrected chi connectivity index (χ0v) is 9.93. The summed E-state index contributed by atoms with van der Waals surface area (Å²) in [5, 5.41) is 5.82. The van der Waals surface area contributed by atoms with Crippen LogP contribution in [-0.2, 0) is 4.79 Å². The van der Waals surface area contributed by atoms with Gasteiger partial charge >= 0.3 is 0 Å². The van der Waals surface area contributed by atoms with Gasteiger partial charge in [-0.3, -0.25) is 4.79 Å². The lowest BCUT2D eigenvalue weighted by Gasteiger charge is -2.21. The number of benzene rings is 1. The van der Waals surface area contributed by atoms with Crippen molar-refractivity contribution >= 4 is 11.6 Å². The Balaban J connectivity index is 2.16. The van der Waals surface area contributed by atoms with Gasteiger partial charge in [-0.1, -0.05) is 6.07 Å². The highest BCUT2D eigenvalue weighted by atomic mass is 19.1. The van der Waals surface area contributed by atoms with E-state index in [4.69, 9.17) is 0 Å². The lowest BCUT2D eigenvalue weighted by atomic mass is 10.0. The van der Waals surface area contributed by atoms with Crippen LogP contribution in [0, 0.1) is 12.7 Å². The first-order chi connectivity index (χ1) is 8.09. The van der Waals surface area contributed by atoms with Gasteiger partial charge in [0.15, 0.2) is 0 Å².